The van der Waals surface area contributed by atoms with Gasteiger partial charge in [0.05, 0.1) is 12.1 Å². The van der Waals surface area contributed by atoms with Crippen molar-refractivity contribution in [3.05, 3.63) is 82.7 Å². The van der Waals surface area contributed by atoms with Crippen LogP contribution in [0.2, 0.25) is 0 Å². The maximum Gasteiger partial charge on any atom is 0.280 e. The molecule has 1 aromatic heterocycles. The summed E-state index contributed by atoms with van der Waals surface area (Å²) in [6, 6.07) is 14.9. The third kappa shape index (κ3) is 6.63. The molecule has 6 rings (SSSR count). The summed E-state index contributed by atoms with van der Waals surface area (Å²) in [6.45, 7) is 0.556. The van der Waals surface area contributed by atoms with Gasteiger partial charge in [-0.3, -0.25) is 14.2 Å². The number of ether oxygens (including phenoxy) is 1. The van der Waals surface area contributed by atoms with Gasteiger partial charge in [-0.15, -0.1) is 0 Å². The highest BCUT2D eigenvalue weighted by atomic mass is 19.1. The minimum atomic E-state index is -1.61. The van der Waals surface area contributed by atoms with Gasteiger partial charge in [0, 0.05) is 31.3 Å². The zero-order chi connectivity index (χ0) is 30.9. The fraction of sp³-hybridized carbons (Fsp3) is 0.441. The topological polar surface area (TPSA) is 111 Å². The van der Waals surface area contributed by atoms with Crippen molar-refractivity contribution in [2.75, 3.05) is 18.8 Å². The van der Waals surface area contributed by atoms with E-state index in [-0.39, 0.29) is 67.3 Å². The number of nitrogens with zero attached hydrogens (tertiary/aromatic N) is 3. The molecule has 44 heavy (non-hydrogen) atoms. The molecule has 0 bridgehead atoms. The van der Waals surface area contributed by atoms with Crippen molar-refractivity contribution in [1.82, 2.24) is 14.5 Å². The van der Waals surface area contributed by atoms with Gasteiger partial charge >= 0.3 is 0 Å². The van der Waals surface area contributed by atoms with E-state index in [1.54, 1.807) is 4.90 Å². The van der Waals surface area contributed by atoms with E-state index in [9.17, 15) is 19.1 Å². The van der Waals surface area contributed by atoms with Crippen LogP contribution in [-0.2, 0) is 11.3 Å². The molecule has 1 amide bonds. The Balaban J connectivity index is 1.11. The van der Waals surface area contributed by atoms with E-state index in [0.29, 0.717) is 25.4 Å². The number of piperidine rings is 1. The van der Waals surface area contributed by atoms with Gasteiger partial charge in [-0.1, -0.05) is 42.2 Å². The van der Waals surface area contributed by atoms with Gasteiger partial charge in [-0.05, 0) is 74.3 Å². The first-order valence-electron chi connectivity index (χ1n) is 15.2. The highest BCUT2D eigenvalue weighted by Crippen LogP contribution is 2.46. The predicted molar refractivity (Wildman–Crippen MR) is 161 cm³/mol. The predicted octanol–water partition coefficient (Wildman–Crippen LogP) is 4.82. The zero-order valence-corrected chi connectivity index (χ0v) is 24.4. The lowest BCUT2D eigenvalue weighted by molar-refractivity contribution is -0.142. The molecule has 3 aromatic rings. The summed E-state index contributed by atoms with van der Waals surface area (Å²) >= 11 is 0. The van der Waals surface area contributed by atoms with Gasteiger partial charge in [0.15, 0.2) is 11.4 Å². The number of nitrogen functional groups attached to an aromatic ring is 1. The van der Waals surface area contributed by atoms with Crippen molar-refractivity contribution >= 4 is 11.6 Å². The summed E-state index contributed by atoms with van der Waals surface area (Å²) < 4.78 is 35.9. The lowest BCUT2D eigenvalue weighted by atomic mass is 9.69. The molecule has 3 N–H and O–H groups in total. The molecule has 3 fully saturated rings. The normalized spacial score (nSPS) is 24.7. The number of anilines is 1. The SMILES string of the molecule is Nc1c(Oc2ccc(F)cc2)ncn(CC2(O)CCN(C(=O)[C@@H]3CCC(F)(C#CC4CC4)C[C@H]3c3ccccc3)CC2)c1=O. The molecule has 0 spiro atoms. The Morgan fingerprint density at radius 1 is 1.07 bits per heavy atom. The molecule has 230 valence electrons. The van der Waals surface area contributed by atoms with Gasteiger partial charge in [0.1, 0.15) is 17.9 Å². The van der Waals surface area contributed by atoms with Gasteiger partial charge in [0.2, 0.25) is 11.8 Å². The van der Waals surface area contributed by atoms with Gasteiger partial charge < -0.3 is 20.5 Å². The molecule has 10 heteroatoms. The molecule has 1 saturated heterocycles. The van der Waals surface area contributed by atoms with Gasteiger partial charge in [0.25, 0.3) is 5.56 Å². The van der Waals surface area contributed by atoms with Gasteiger partial charge in [-0.25, -0.2) is 13.8 Å². The van der Waals surface area contributed by atoms with E-state index >= 15 is 4.39 Å². The van der Waals surface area contributed by atoms with E-state index < -0.39 is 22.6 Å². The van der Waals surface area contributed by atoms with E-state index in [2.05, 4.69) is 16.8 Å². The first-order valence-corrected chi connectivity index (χ1v) is 15.2. The van der Waals surface area contributed by atoms with Crippen LogP contribution in [0.1, 0.15) is 56.4 Å². The van der Waals surface area contributed by atoms with E-state index in [1.165, 1.54) is 35.2 Å². The molecule has 2 heterocycles. The standard InChI is InChI=1S/C34H36F2N4O4/c35-25-8-10-26(11-9-25)44-30-29(37)32(42)40(22-38-30)21-34(43)16-18-39(19-17-34)31(41)27-13-15-33(36,14-12-23-6-7-23)20-28(27)24-4-2-1-3-5-24/h1-5,8-11,22-23,27-28,43H,6-7,13,15-21,37H2/t27-,28+,33?/m1/s1. The number of aliphatic hydroxyl groups is 1. The number of likely N-dealkylation sites (tertiary alicyclic amines) is 1. The Hall–Kier alpha value is -4.23. The van der Waals surface area contributed by atoms with E-state index in [0.717, 1.165) is 18.4 Å². The molecular formula is C34H36F2N4O4. The van der Waals surface area contributed by atoms with Crippen LogP contribution in [0.15, 0.2) is 65.7 Å². The summed E-state index contributed by atoms with van der Waals surface area (Å²) in [4.78, 5) is 32.7. The first-order chi connectivity index (χ1) is 21.1. The number of benzene rings is 2. The monoisotopic (exact) mass is 602 g/mol. The minimum Gasteiger partial charge on any atom is -0.437 e. The molecule has 2 aromatic carbocycles. The number of hydrogen-bond acceptors (Lipinski definition) is 6. The maximum atomic E-state index is 15.9. The first kappa shape index (κ1) is 29.8. The number of carbonyl (C=O) groups is 1. The van der Waals surface area contributed by atoms with E-state index in [4.69, 9.17) is 10.5 Å². The molecule has 1 unspecified atom stereocenters. The smallest absolute Gasteiger partial charge is 0.280 e. The Labute approximate surface area is 254 Å². The average molecular weight is 603 g/mol. The van der Waals surface area contributed by atoms with Gasteiger partial charge in [-0.2, -0.15) is 0 Å². The second-order valence-electron chi connectivity index (χ2n) is 12.4. The number of hydrogen-bond donors (Lipinski definition) is 2. The second kappa shape index (κ2) is 12.0. The number of amides is 1. The number of alkyl halides is 1. The zero-order valence-electron chi connectivity index (χ0n) is 24.4. The van der Waals surface area contributed by atoms with Crippen molar-refractivity contribution in [3.63, 3.8) is 0 Å². The second-order valence-corrected chi connectivity index (χ2v) is 12.4. The van der Waals surface area contributed by atoms with Crippen LogP contribution in [0.25, 0.3) is 0 Å². The number of rotatable bonds is 6. The van der Waals surface area contributed by atoms with Crippen molar-refractivity contribution in [2.24, 2.45) is 11.8 Å². The van der Waals surface area contributed by atoms with Crippen molar-refractivity contribution in [3.8, 4) is 23.5 Å². The van der Waals surface area contributed by atoms with Crippen LogP contribution in [-0.4, -0.2) is 49.8 Å². The van der Waals surface area contributed by atoms with Crippen LogP contribution in [0, 0.1) is 29.5 Å². The quantitative estimate of drug-likeness (QED) is 0.392. The van der Waals surface area contributed by atoms with Crippen molar-refractivity contribution in [1.29, 1.82) is 0 Å². The number of aromatic nitrogens is 2. The lowest BCUT2D eigenvalue weighted by Crippen LogP contribution is -2.52. The Morgan fingerprint density at radius 2 is 1.77 bits per heavy atom. The fourth-order valence-corrected chi connectivity index (χ4v) is 6.25. The summed E-state index contributed by atoms with van der Waals surface area (Å²) in [5.41, 5.74) is 3.27. The lowest BCUT2D eigenvalue weighted by Gasteiger charge is -2.43. The Morgan fingerprint density at radius 3 is 2.45 bits per heavy atom. The summed E-state index contributed by atoms with van der Waals surface area (Å²) in [7, 11) is 0. The summed E-state index contributed by atoms with van der Waals surface area (Å²) in [5.74, 6) is 5.34. The highest BCUT2D eigenvalue weighted by Gasteiger charge is 2.46. The molecule has 3 aliphatic rings. The minimum absolute atomic E-state index is 0.0384. The van der Waals surface area contributed by atoms with Crippen LogP contribution in [0.3, 0.4) is 0 Å². The largest absolute Gasteiger partial charge is 0.437 e. The average Bonchev–Trinajstić information content (AvgIpc) is 3.86. The number of nitrogens with two attached hydrogens (primary N) is 1. The number of halogens is 2. The molecule has 3 atom stereocenters. The molecule has 2 saturated carbocycles. The Bertz CT molecular complexity index is 1620. The molecular weight excluding hydrogens is 566 g/mol. The summed E-state index contributed by atoms with van der Waals surface area (Å²) in [6.07, 6.45) is 4.64. The van der Waals surface area contributed by atoms with Crippen molar-refractivity contribution in [2.45, 2.75) is 68.7 Å². The third-order valence-electron chi connectivity index (χ3n) is 9.04. The highest BCUT2D eigenvalue weighted by molar-refractivity contribution is 5.80. The van der Waals surface area contributed by atoms with Crippen LogP contribution >= 0.6 is 0 Å². The maximum absolute atomic E-state index is 15.9. The molecule has 2 aliphatic carbocycles. The molecule has 1 aliphatic heterocycles. The van der Waals surface area contributed by atoms with Crippen LogP contribution in [0.5, 0.6) is 11.6 Å². The van der Waals surface area contributed by atoms with Crippen LogP contribution in [0.4, 0.5) is 14.5 Å². The summed E-state index contributed by atoms with van der Waals surface area (Å²) in [5, 5.41) is 11.4. The molecule has 8 nitrogen and oxygen atoms in total. The number of carbonyl (C=O) groups excluding carboxylic acids is 1. The fourth-order valence-electron chi connectivity index (χ4n) is 6.25. The molecule has 0 radical (unpaired) electrons. The van der Waals surface area contributed by atoms with Crippen molar-refractivity contribution < 1.29 is 23.4 Å². The van der Waals surface area contributed by atoms with Crippen LogP contribution < -0.4 is 16.0 Å². The Kier molecular flexibility index (Phi) is 8.16. The van der Waals surface area contributed by atoms with E-state index in [1.807, 2.05) is 30.3 Å². The third-order valence-corrected chi connectivity index (χ3v) is 9.04.